The second-order valence-corrected chi connectivity index (χ2v) is 6.14. The van der Waals surface area contributed by atoms with Gasteiger partial charge in [0.05, 0.1) is 16.9 Å². The van der Waals surface area contributed by atoms with Crippen LogP contribution in [0.4, 0.5) is 5.69 Å². The van der Waals surface area contributed by atoms with E-state index in [4.69, 9.17) is 5.73 Å². The van der Waals surface area contributed by atoms with E-state index in [1.807, 2.05) is 0 Å². The molecule has 0 saturated heterocycles. The van der Waals surface area contributed by atoms with Crippen LogP contribution < -0.4 is 10.5 Å². The molecule has 1 aliphatic heterocycles. The first-order valence-corrected chi connectivity index (χ1v) is 7.18. The lowest BCUT2D eigenvalue weighted by molar-refractivity contribution is 0.0664. The van der Waals surface area contributed by atoms with Gasteiger partial charge in [0.15, 0.2) is 0 Å². The quantitative estimate of drug-likeness (QED) is 0.567. The van der Waals surface area contributed by atoms with Crippen LogP contribution in [0.2, 0.25) is 0 Å². The third kappa shape index (κ3) is 2.45. The summed E-state index contributed by atoms with van der Waals surface area (Å²) in [5.41, 5.74) is 6.41. The standard InChI is InChI=1S/C11H13N3O4S/c1-13-19(17,18)5-4-14-10(15)8-3-2-7(12)6-9(8)11(14)16/h2-3,6,13H,4-5,12H2,1H3. The molecule has 0 unspecified atom stereocenters. The number of nitrogens with two attached hydrogens (primary N) is 1. The first kappa shape index (κ1) is 13.5. The number of nitrogens with one attached hydrogen (secondary N) is 1. The van der Waals surface area contributed by atoms with E-state index in [1.165, 1.54) is 25.2 Å². The first-order chi connectivity index (χ1) is 8.85. The smallest absolute Gasteiger partial charge is 0.261 e. The number of hydrogen-bond donors (Lipinski definition) is 2. The summed E-state index contributed by atoms with van der Waals surface area (Å²) in [5.74, 6) is -1.34. The number of nitrogens with zero attached hydrogens (tertiary/aromatic N) is 1. The summed E-state index contributed by atoms with van der Waals surface area (Å²) in [4.78, 5) is 24.9. The highest BCUT2D eigenvalue weighted by atomic mass is 32.2. The molecule has 0 aromatic heterocycles. The normalized spacial score (nSPS) is 14.9. The van der Waals surface area contributed by atoms with Crippen molar-refractivity contribution >= 4 is 27.5 Å². The van der Waals surface area contributed by atoms with E-state index in [0.29, 0.717) is 5.69 Å². The van der Waals surface area contributed by atoms with Crippen molar-refractivity contribution in [1.82, 2.24) is 9.62 Å². The molecule has 1 aromatic carbocycles. The van der Waals surface area contributed by atoms with Gasteiger partial charge in [-0.2, -0.15) is 0 Å². The Morgan fingerprint density at radius 1 is 1.21 bits per heavy atom. The molecule has 0 fully saturated rings. The Kier molecular flexibility index (Phi) is 3.29. The second kappa shape index (κ2) is 4.63. The summed E-state index contributed by atoms with van der Waals surface area (Å²) >= 11 is 0. The number of fused-ring (bicyclic) bond motifs is 1. The number of benzene rings is 1. The van der Waals surface area contributed by atoms with Crippen molar-refractivity contribution in [2.75, 3.05) is 25.1 Å². The number of sulfonamides is 1. The maximum absolute atomic E-state index is 12.0. The van der Waals surface area contributed by atoms with Crippen LogP contribution in [-0.4, -0.2) is 44.5 Å². The van der Waals surface area contributed by atoms with Crippen LogP contribution in [0.1, 0.15) is 20.7 Å². The molecule has 19 heavy (non-hydrogen) atoms. The molecule has 0 atom stereocenters. The minimum atomic E-state index is -3.47. The molecule has 0 saturated carbocycles. The highest BCUT2D eigenvalue weighted by molar-refractivity contribution is 7.89. The molecule has 8 heteroatoms. The average molecular weight is 283 g/mol. The Labute approximate surface area is 110 Å². The van der Waals surface area contributed by atoms with E-state index in [1.54, 1.807) is 0 Å². The molecule has 2 amide bonds. The van der Waals surface area contributed by atoms with Gasteiger partial charge in [0.1, 0.15) is 0 Å². The first-order valence-electron chi connectivity index (χ1n) is 5.52. The van der Waals surface area contributed by atoms with Crippen molar-refractivity contribution in [3.05, 3.63) is 29.3 Å². The van der Waals surface area contributed by atoms with Gasteiger partial charge < -0.3 is 5.73 Å². The zero-order chi connectivity index (χ0) is 14.2. The lowest BCUT2D eigenvalue weighted by Crippen LogP contribution is -2.36. The highest BCUT2D eigenvalue weighted by Crippen LogP contribution is 2.24. The van der Waals surface area contributed by atoms with Gasteiger partial charge in [-0.05, 0) is 25.2 Å². The van der Waals surface area contributed by atoms with Crippen LogP contribution in [-0.2, 0) is 10.0 Å². The largest absolute Gasteiger partial charge is 0.399 e. The monoisotopic (exact) mass is 283 g/mol. The number of imide groups is 1. The van der Waals surface area contributed by atoms with Crippen molar-refractivity contribution in [3.63, 3.8) is 0 Å². The van der Waals surface area contributed by atoms with Crippen LogP contribution in [0.5, 0.6) is 0 Å². The topological polar surface area (TPSA) is 110 Å². The molecule has 2 rings (SSSR count). The number of nitrogen functional groups attached to an aromatic ring is 1. The van der Waals surface area contributed by atoms with Crippen LogP contribution >= 0.6 is 0 Å². The minimum absolute atomic E-state index is 0.185. The summed E-state index contributed by atoms with van der Waals surface area (Å²) in [6.07, 6.45) is 0. The van der Waals surface area contributed by atoms with Crippen molar-refractivity contribution in [2.45, 2.75) is 0 Å². The third-order valence-electron chi connectivity index (χ3n) is 2.89. The van der Waals surface area contributed by atoms with Crippen molar-refractivity contribution in [1.29, 1.82) is 0 Å². The Hall–Kier alpha value is -1.93. The van der Waals surface area contributed by atoms with Gasteiger partial charge in [0.2, 0.25) is 10.0 Å². The van der Waals surface area contributed by atoms with Gasteiger partial charge in [-0.15, -0.1) is 0 Å². The lowest BCUT2D eigenvalue weighted by Gasteiger charge is -2.13. The molecule has 7 nitrogen and oxygen atoms in total. The molecule has 0 bridgehead atoms. The maximum Gasteiger partial charge on any atom is 0.261 e. The number of rotatable bonds is 4. The molecular weight excluding hydrogens is 270 g/mol. The van der Waals surface area contributed by atoms with E-state index in [-0.39, 0.29) is 23.4 Å². The fourth-order valence-electron chi connectivity index (χ4n) is 1.82. The minimum Gasteiger partial charge on any atom is -0.399 e. The van der Waals surface area contributed by atoms with Gasteiger partial charge in [0, 0.05) is 12.2 Å². The summed E-state index contributed by atoms with van der Waals surface area (Å²) in [6.45, 7) is -0.185. The number of carbonyl (C=O) groups is 2. The Bertz CT molecular complexity index is 654. The Balaban J connectivity index is 2.23. The van der Waals surface area contributed by atoms with E-state index in [9.17, 15) is 18.0 Å². The number of amides is 2. The predicted octanol–water partition coefficient (Wildman–Crippen LogP) is -0.586. The van der Waals surface area contributed by atoms with Crippen molar-refractivity contribution < 1.29 is 18.0 Å². The molecule has 0 spiro atoms. The van der Waals surface area contributed by atoms with Gasteiger partial charge in [-0.1, -0.05) is 0 Å². The number of hydrogen-bond acceptors (Lipinski definition) is 5. The summed E-state index contributed by atoms with van der Waals surface area (Å²) in [5, 5.41) is 0. The van der Waals surface area contributed by atoms with Gasteiger partial charge in [-0.3, -0.25) is 14.5 Å². The molecule has 1 aliphatic rings. The Morgan fingerprint density at radius 3 is 2.47 bits per heavy atom. The lowest BCUT2D eigenvalue weighted by atomic mass is 10.1. The Morgan fingerprint density at radius 2 is 1.84 bits per heavy atom. The summed E-state index contributed by atoms with van der Waals surface area (Å²) in [7, 11) is -2.19. The fraction of sp³-hybridized carbons (Fsp3) is 0.273. The molecule has 0 aliphatic carbocycles. The summed E-state index contributed by atoms with van der Waals surface area (Å²) in [6, 6.07) is 4.41. The second-order valence-electron chi connectivity index (χ2n) is 4.09. The number of anilines is 1. The average Bonchev–Trinajstić information content (AvgIpc) is 2.60. The predicted molar refractivity (Wildman–Crippen MR) is 69.1 cm³/mol. The number of carbonyl (C=O) groups excluding carboxylic acids is 2. The van der Waals surface area contributed by atoms with E-state index in [2.05, 4.69) is 4.72 Å². The SMILES string of the molecule is CNS(=O)(=O)CCN1C(=O)c2ccc(N)cc2C1=O. The van der Waals surface area contributed by atoms with Gasteiger partial charge >= 0.3 is 0 Å². The van der Waals surface area contributed by atoms with Crippen LogP contribution in [0.15, 0.2) is 18.2 Å². The van der Waals surface area contributed by atoms with Crippen molar-refractivity contribution in [2.24, 2.45) is 0 Å². The highest BCUT2D eigenvalue weighted by Gasteiger charge is 2.35. The summed E-state index contributed by atoms with van der Waals surface area (Å²) < 4.78 is 24.8. The van der Waals surface area contributed by atoms with Crippen LogP contribution in [0.3, 0.4) is 0 Å². The molecule has 102 valence electrons. The molecular formula is C11H13N3O4S. The molecule has 1 aromatic rings. The third-order valence-corrected chi connectivity index (χ3v) is 4.23. The van der Waals surface area contributed by atoms with E-state index in [0.717, 1.165) is 4.90 Å². The van der Waals surface area contributed by atoms with Crippen LogP contribution in [0, 0.1) is 0 Å². The van der Waals surface area contributed by atoms with Crippen molar-refractivity contribution in [3.8, 4) is 0 Å². The van der Waals surface area contributed by atoms with Gasteiger partial charge in [-0.25, -0.2) is 13.1 Å². The zero-order valence-electron chi connectivity index (χ0n) is 10.2. The van der Waals surface area contributed by atoms with Crippen LogP contribution in [0.25, 0.3) is 0 Å². The van der Waals surface area contributed by atoms with E-state index < -0.39 is 21.8 Å². The van der Waals surface area contributed by atoms with E-state index >= 15 is 0 Å². The zero-order valence-corrected chi connectivity index (χ0v) is 11.0. The molecule has 3 N–H and O–H groups in total. The molecule has 0 radical (unpaired) electrons. The van der Waals surface area contributed by atoms with Gasteiger partial charge in [0.25, 0.3) is 11.8 Å². The maximum atomic E-state index is 12.0. The fourth-order valence-corrected chi connectivity index (χ4v) is 2.45. The molecule has 1 heterocycles.